The summed E-state index contributed by atoms with van der Waals surface area (Å²) >= 11 is 0. The van der Waals surface area contributed by atoms with Crippen LogP contribution in [0, 0.1) is 0 Å². The van der Waals surface area contributed by atoms with E-state index in [9.17, 15) is 0 Å². The number of nitrogens with two attached hydrogens (primary N) is 1. The van der Waals surface area contributed by atoms with Crippen molar-refractivity contribution in [2.24, 2.45) is 0 Å². The van der Waals surface area contributed by atoms with Crippen molar-refractivity contribution in [3.05, 3.63) is 35.7 Å². The van der Waals surface area contributed by atoms with Crippen molar-refractivity contribution in [3.63, 3.8) is 0 Å². The molecule has 2 aromatic rings. The van der Waals surface area contributed by atoms with Gasteiger partial charge in [-0.1, -0.05) is 12.1 Å². The SMILES string of the molecule is COc1cccc(C2CCc3nc(N)nn3C2)c1. The number of nitrogen functional groups attached to an aromatic ring is 1. The number of hydrogen-bond donors (Lipinski definition) is 1. The molecule has 1 aromatic carbocycles. The Morgan fingerprint density at radius 1 is 1.44 bits per heavy atom. The molecule has 5 nitrogen and oxygen atoms in total. The average Bonchev–Trinajstić information content (AvgIpc) is 2.77. The van der Waals surface area contributed by atoms with Gasteiger partial charge in [-0.05, 0) is 24.1 Å². The van der Waals surface area contributed by atoms with E-state index in [2.05, 4.69) is 22.2 Å². The summed E-state index contributed by atoms with van der Waals surface area (Å²) in [6.07, 6.45) is 2.00. The van der Waals surface area contributed by atoms with Crippen LogP contribution in [-0.4, -0.2) is 21.9 Å². The van der Waals surface area contributed by atoms with Crippen molar-refractivity contribution in [3.8, 4) is 5.75 Å². The fourth-order valence-corrected chi connectivity index (χ4v) is 2.50. The molecule has 2 N–H and O–H groups in total. The number of nitrogens with zero attached hydrogens (tertiary/aromatic N) is 3. The fourth-order valence-electron chi connectivity index (χ4n) is 2.50. The minimum Gasteiger partial charge on any atom is -0.497 e. The quantitative estimate of drug-likeness (QED) is 0.871. The molecule has 1 aromatic heterocycles. The van der Waals surface area contributed by atoms with E-state index in [1.165, 1.54) is 5.56 Å². The van der Waals surface area contributed by atoms with Crippen LogP contribution in [0.4, 0.5) is 5.95 Å². The largest absolute Gasteiger partial charge is 0.497 e. The van der Waals surface area contributed by atoms with Crippen molar-refractivity contribution in [2.45, 2.75) is 25.3 Å². The second kappa shape index (κ2) is 4.33. The molecule has 3 rings (SSSR count). The number of anilines is 1. The summed E-state index contributed by atoms with van der Waals surface area (Å²) in [6, 6.07) is 8.22. The summed E-state index contributed by atoms with van der Waals surface area (Å²) in [7, 11) is 1.69. The van der Waals surface area contributed by atoms with Crippen LogP contribution in [0.3, 0.4) is 0 Å². The third kappa shape index (κ3) is 1.92. The topological polar surface area (TPSA) is 66.0 Å². The van der Waals surface area contributed by atoms with Crippen LogP contribution in [0.5, 0.6) is 5.75 Å². The number of benzene rings is 1. The molecule has 2 heterocycles. The molecule has 0 radical (unpaired) electrons. The van der Waals surface area contributed by atoms with E-state index in [4.69, 9.17) is 10.5 Å². The van der Waals surface area contributed by atoms with Gasteiger partial charge in [-0.2, -0.15) is 4.98 Å². The first-order valence-electron chi connectivity index (χ1n) is 6.09. The van der Waals surface area contributed by atoms with Gasteiger partial charge in [-0.3, -0.25) is 0 Å². The summed E-state index contributed by atoms with van der Waals surface area (Å²) in [4.78, 5) is 4.22. The zero-order chi connectivity index (χ0) is 12.5. The van der Waals surface area contributed by atoms with Crippen molar-refractivity contribution < 1.29 is 4.74 Å². The number of ether oxygens (including phenoxy) is 1. The molecule has 94 valence electrons. The van der Waals surface area contributed by atoms with Crippen LogP contribution < -0.4 is 10.5 Å². The van der Waals surface area contributed by atoms with Gasteiger partial charge >= 0.3 is 0 Å². The highest BCUT2D eigenvalue weighted by Crippen LogP contribution is 2.29. The molecular weight excluding hydrogens is 228 g/mol. The summed E-state index contributed by atoms with van der Waals surface area (Å²) in [5.41, 5.74) is 6.91. The number of rotatable bonds is 2. The summed E-state index contributed by atoms with van der Waals surface area (Å²) in [5.74, 6) is 2.72. The van der Waals surface area contributed by atoms with E-state index in [-0.39, 0.29) is 0 Å². The molecule has 18 heavy (non-hydrogen) atoms. The molecule has 0 saturated carbocycles. The Balaban J connectivity index is 1.86. The zero-order valence-corrected chi connectivity index (χ0v) is 10.3. The predicted molar refractivity (Wildman–Crippen MR) is 68.5 cm³/mol. The Morgan fingerprint density at radius 3 is 3.17 bits per heavy atom. The van der Waals surface area contributed by atoms with Crippen LogP contribution in [0.1, 0.15) is 23.7 Å². The van der Waals surface area contributed by atoms with Gasteiger partial charge in [0.1, 0.15) is 11.6 Å². The lowest BCUT2D eigenvalue weighted by Crippen LogP contribution is -2.20. The Labute approximate surface area is 106 Å². The molecule has 1 aliphatic rings. The third-order valence-corrected chi connectivity index (χ3v) is 3.44. The minimum absolute atomic E-state index is 0.372. The molecule has 0 fully saturated rings. The Hall–Kier alpha value is -2.04. The van der Waals surface area contributed by atoms with Gasteiger partial charge in [-0.25, -0.2) is 4.68 Å². The first-order chi connectivity index (χ1) is 8.76. The highest BCUT2D eigenvalue weighted by Gasteiger charge is 2.22. The second-order valence-corrected chi connectivity index (χ2v) is 4.58. The first kappa shape index (κ1) is 11.1. The maximum Gasteiger partial charge on any atom is 0.239 e. The van der Waals surface area contributed by atoms with Gasteiger partial charge in [0.15, 0.2) is 0 Å². The normalized spacial score (nSPS) is 18.4. The van der Waals surface area contributed by atoms with E-state index in [0.717, 1.165) is 31.0 Å². The number of aromatic nitrogens is 3. The fraction of sp³-hybridized carbons (Fsp3) is 0.385. The molecule has 1 aliphatic heterocycles. The lowest BCUT2D eigenvalue weighted by molar-refractivity contribution is 0.406. The second-order valence-electron chi connectivity index (χ2n) is 4.58. The average molecular weight is 244 g/mol. The number of methoxy groups -OCH3 is 1. The van der Waals surface area contributed by atoms with E-state index in [0.29, 0.717) is 11.9 Å². The highest BCUT2D eigenvalue weighted by atomic mass is 16.5. The molecule has 1 unspecified atom stereocenters. The lowest BCUT2D eigenvalue weighted by atomic mass is 9.92. The highest BCUT2D eigenvalue weighted by molar-refractivity contribution is 5.31. The summed E-state index contributed by atoms with van der Waals surface area (Å²) in [5, 5.41) is 4.22. The molecule has 0 bridgehead atoms. The van der Waals surface area contributed by atoms with Crippen molar-refractivity contribution in [1.82, 2.24) is 14.8 Å². The van der Waals surface area contributed by atoms with Crippen LogP contribution in [0.2, 0.25) is 0 Å². The zero-order valence-electron chi connectivity index (χ0n) is 10.3. The number of fused-ring (bicyclic) bond motifs is 1. The maximum atomic E-state index is 5.63. The Kier molecular flexibility index (Phi) is 2.66. The standard InChI is InChI=1S/C13H16N4O/c1-18-11-4-2-3-9(7-11)10-5-6-12-15-13(14)16-17(12)8-10/h2-4,7,10H,5-6,8H2,1H3,(H2,14,16). The maximum absolute atomic E-state index is 5.63. The Bertz CT molecular complexity index is 564. The smallest absolute Gasteiger partial charge is 0.239 e. The molecule has 0 aliphatic carbocycles. The predicted octanol–water partition coefficient (Wildman–Crippen LogP) is 1.60. The van der Waals surface area contributed by atoms with Crippen LogP contribution in [0.25, 0.3) is 0 Å². The molecule has 0 saturated heterocycles. The molecule has 0 spiro atoms. The summed E-state index contributed by atoms with van der Waals surface area (Å²) in [6.45, 7) is 0.840. The molecular formula is C13H16N4O. The molecule has 0 amide bonds. The van der Waals surface area contributed by atoms with E-state index < -0.39 is 0 Å². The van der Waals surface area contributed by atoms with Gasteiger partial charge in [0, 0.05) is 18.9 Å². The monoisotopic (exact) mass is 244 g/mol. The molecule has 5 heteroatoms. The van der Waals surface area contributed by atoms with Crippen LogP contribution in [0.15, 0.2) is 24.3 Å². The van der Waals surface area contributed by atoms with E-state index >= 15 is 0 Å². The van der Waals surface area contributed by atoms with Crippen LogP contribution >= 0.6 is 0 Å². The summed E-state index contributed by atoms with van der Waals surface area (Å²) < 4.78 is 7.18. The van der Waals surface area contributed by atoms with Gasteiger partial charge in [0.05, 0.1) is 7.11 Å². The van der Waals surface area contributed by atoms with Gasteiger partial charge in [0.25, 0.3) is 0 Å². The third-order valence-electron chi connectivity index (χ3n) is 3.44. The van der Waals surface area contributed by atoms with Crippen LogP contribution in [-0.2, 0) is 13.0 Å². The number of aryl methyl sites for hydroxylation is 1. The van der Waals surface area contributed by atoms with Crippen molar-refractivity contribution in [2.75, 3.05) is 12.8 Å². The van der Waals surface area contributed by atoms with Gasteiger partial charge in [-0.15, -0.1) is 5.10 Å². The van der Waals surface area contributed by atoms with Crippen molar-refractivity contribution >= 4 is 5.95 Å². The molecule has 1 atom stereocenters. The lowest BCUT2D eigenvalue weighted by Gasteiger charge is -2.23. The minimum atomic E-state index is 0.372. The van der Waals surface area contributed by atoms with Gasteiger partial charge in [0.2, 0.25) is 5.95 Å². The van der Waals surface area contributed by atoms with E-state index in [1.54, 1.807) is 7.11 Å². The van der Waals surface area contributed by atoms with E-state index in [1.807, 2.05) is 16.8 Å². The first-order valence-corrected chi connectivity index (χ1v) is 6.09. The van der Waals surface area contributed by atoms with Gasteiger partial charge < -0.3 is 10.5 Å². The Morgan fingerprint density at radius 2 is 2.33 bits per heavy atom. The number of hydrogen-bond acceptors (Lipinski definition) is 4. The van der Waals surface area contributed by atoms with Crippen molar-refractivity contribution in [1.29, 1.82) is 0 Å².